The van der Waals surface area contributed by atoms with Gasteiger partial charge in [0.05, 0.1) is 27.9 Å². The quantitative estimate of drug-likeness (QED) is 0.745. The first kappa shape index (κ1) is 7.56. The van der Waals surface area contributed by atoms with Crippen molar-refractivity contribution in [3.05, 3.63) is 30.0 Å². The summed E-state index contributed by atoms with van der Waals surface area (Å²) in [5, 5.41) is 5.37. The second-order valence-electron chi connectivity index (χ2n) is 3.60. The lowest BCUT2D eigenvalue weighted by Crippen LogP contribution is -1.81. The minimum absolute atomic E-state index is 0.822. The zero-order chi connectivity index (χ0) is 8.84. The number of aromatic nitrogens is 2. The second-order valence-corrected chi connectivity index (χ2v) is 4.27. The number of nitrogens with zero attached hydrogens (tertiary/aromatic N) is 2. The average molecular weight is 237 g/mol. The maximum absolute atomic E-state index is 4.15. The Bertz CT molecular complexity index is 457. The molecule has 1 saturated carbocycles. The number of fused-ring (bicyclic) bond motifs is 1. The topological polar surface area (TPSA) is 17.8 Å². The molecule has 1 aliphatic carbocycles. The van der Waals surface area contributed by atoms with E-state index >= 15 is 0 Å². The molecule has 0 unspecified atom stereocenters. The molecule has 0 aliphatic heterocycles. The fraction of sp³-hybridized carbons (Fsp3) is 0.300. The lowest BCUT2D eigenvalue weighted by atomic mass is 10.1. The zero-order valence-corrected chi connectivity index (χ0v) is 8.66. The van der Waals surface area contributed by atoms with Crippen LogP contribution in [0.5, 0.6) is 0 Å². The van der Waals surface area contributed by atoms with Gasteiger partial charge in [-0.1, -0.05) is 6.07 Å². The van der Waals surface area contributed by atoms with E-state index in [-0.39, 0.29) is 0 Å². The predicted molar refractivity (Wildman–Crippen MR) is 56.0 cm³/mol. The summed E-state index contributed by atoms with van der Waals surface area (Å²) in [5.74, 6) is 0.822. The Morgan fingerprint density at radius 3 is 3.00 bits per heavy atom. The fourth-order valence-corrected chi connectivity index (χ4v) is 2.10. The van der Waals surface area contributed by atoms with Gasteiger partial charge in [-0.05, 0) is 36.5 Å². The summed E-state index contributed by atoms with van der Waals surface area (Å²) in [6.45, 7) is 0. The molecule has 1 fully saturated rings. The Morgan fingerprint density at radius 1 is 1.38 bits per heavy atom. The molecular formula is C10H9BrN2. The summed E-state index contributed by atoms with van der Waals surface area (Å²) in [6.07, 6.45) is 4.61. The zero-order valence-electron chi connectivity index (χ0n) is 7.07. The van der Waals surface area contributed by atoms with Crippen LogP contribution in [-0.4, -0.2) is 8.81 Å². The van der Waals surface area contributed by atoms with E-state index in [1.807, 2.05) is 6.20 Å². The fourth-order valence-electron chi connectivity index (χ4n) is 1.69. The van der Waals surface area contributed by atoms with Gasteiger partial charge in [-0.15, -0.1) is 0 Å². The van der Waals surface area contributed by atoms with Crippen LogP contribution in [0.3, 0.4) is 0 Å². The van der Waals surface area contributed by atoms with Crippen molar-refractivity contribution in [1.82, 2.24) is 8.81 Å². The van der Waals surface area contributed by atoms with E-state index in [1.54, 1.807) is 3.71 Å². The molecule has 66 valence electrons. The van der Waals surface area contributed by atoms with Crippen molar-refractivity contribution in [2.24, 2.45) is 0 Å². The van der Waals surface area contributed by atoms with Gasteiger partial charge in [0.25, 0.3) is 0 Å². The van der Waals surface area contributed by atoms with E-state index in [9.17, 15) is 0 Å². The van der Waals surface area contributed by atoms with Gasteiger partial charge < -0.3 is 0 Å². The molecule has 3 rings (SSSR count). The third-order valence-electron chi connectivity index (χ3n) is 2.60. The largest absolute Gasteiger partial charge is 0.197 e. The molecule has 13 heavy (non-hydrogen) atoms. The molecule has 2 aromatic rings. The number of halogens is 1. The van der Waals surface area contributed by atoms with E-state index in [0.717, 1.165) is 11.4 Å². The van der Waals surface area contributed by atoms with Gasteiger partial charge in [0.2, 0.25) is 0 Å². The molecular weight excluding hydrogens is 228 g/mol. The molecule has 0 atom stereocenters. The first-order valence-corrected chi connectivity index (χ1v) is 5.19. The van der Waals surface area contributed by atoms with Crippen LogP contribution in [-0.2, 0) is 0 Å². The summed E-state index contributed by atoms with van der Waals surface area (Å²) >= 11 is 3.35. The minimum atomic E-state index is 0.822. The second kappa shape index (κ2) is 2.58. The van der Waals surface area contributed by atoms with Gasteiger partial charge >= 0.3 is 0 Å². The average Bonchev–Trinajstić information content (AvgIpc) is 2.93. The van der Waals surface area contributed by atoms with E-state index in [4.69, 9.17) is 0 Å². The van der Waals surface area contributed by atoms with Gasteiger partial charge in [-0.2, -0.15) is 8.81 Å². The number of rotatable bonds is 1. The number of hydrogen-bond acceptors (Lipinski definition) is 1. The van der Waals surface area contributed by atoms with Gasteiger partial charge in [-0.25, -0.2) is 0 Å². The van der Waals surface area contributed by atoms with Crippen LogP contribution in [0.15, 0.2) is 24.4 Å². The first-order valence-electron chi connectivity index (χ1n) is 4.48. The third kappa shape index (κ3) is 1.18. The summed E-state index contributed by atoms with van der Waals surface area (Å²) in [4.78, 5) is 0. The van der Waals surface area contributed by atoms with E-state index < -0.39 is 0 Å². The molecule has 1 aliphatic rings. The predicted octanol–water partition coefficient (Wildman–Crippen LogP) is 3.07. The van der Waals surface area contributed by atoms with Crippen molar-refractivity contribution in [2.75, 3.05) is 0 Å². The van der Waals surface area contributed by atoms with Crippen LogP contribution in [0.25, 0.3) is 10.9 Å². The maximum Gasteiger partial charge on any atom is 0.0813 e. The van der Waals surface area contributed by atoms with Crippen molar-refractivity contribution >= 4 is 27.1 Å². The highest BCUT2D eigenvalue weighted by molar-refractivity contribution is 9.08. The molecule has 0 radical (unpaired) electrons. The summed E-state index contributed by atoms with van der Waals surface area (Å²) in [7, 11) is 0. The standard InChI is InChI=1S/C10H9BrN2/c11-13-10-4-3-8(7-1-2-7)5-9(10)6-12-13/h3-7H,1-2H2. The molecule has 0 amide bonds. The summed E-state index contributed by atoms with van der Waals surface area (Å²) < 4.78 is 1.74. The van der Waals surface area contributed by atoms with Gasteiger partial charge in [0.1, 0.15) is 0 Å². The van der Waals surface area contributed by atoms with E-state index in [2.05, 4.69) is 39.4 Å². The highest BCUT2D eigenvalue weighted by Crippen LogP contribution is 2.40. The summed E-state index contributed by atoms with van der Waals surface area (Å²) in [5.41, 5.74) is 2.61. The highest BCUT2D eigenvalue weighted by Gasteiger charge is 2.23. The monoisotopic (exact) mass is 236 g/mol. The van der Waals surface area contributed by atoms with E-state index in [1.165, 1.54) is 23.8 Å². The Hall–Kier alpha value is -0.830. The summed E-state index contributed by atoms with van der Waals surface area (Å²) in [6, 6.07) is 6.59. The molecule has 0 saturated heterocycles. The lowest BCUT2D eigenvalue weighted by molar-refractivity contribution is 1.06. The molecule has 3 heteroatoms. The lowest BCUT2D eigenvalue weighted by Gasteiger charge is -1.97. The van der Waals surface area contributed by atoms with E-state index in [0.29, 0.717) is 0 Å². The SMILES string of the molecule is Brn1ncc2cc(C3CC3)ccc21. The van der Waals surface area contributed by atoms with Crippen LogP contribution in [0, 0.1) is 0 Å². The Labute approximate surface area is 84.9 Å². The number of benzene rings is 1. The van der Waals surface area contributed by atoms with Crippen molar-refractivity contribution < 1.29 is 0 Å². The maximum atomic E-state index is 4.15. The Morgan fingerprint density at radius 2 is 2.23 bits per heavy atom. The minimum Gasteiger partial charge on any atom is -0.197 e. The van der Waals surface area contributed by atoms with Crippen LogP contribution in [0.1, 0.15) is 24.3 Å². The highest BCUT2D eigenvalue weighted by atomic mass is 79.9. The van der Waals surface area contributed by atoms with Gasteiger partial charge in [0, 0.05) is 5.39 Å². The van der Waals surface area contributed by atoms with Crippen molar-refractivity contribution in [3.63, 3.8) is 0 Å². The van der Waals surface area contributed by atoms with Gasteiger partial charge in [-0.3, -0.25) is 0 Å². The van der Waals surface area contributed by atoms with Gasteiger partial charge in [0.15, 0.2) is 0 Å². The van der Waals surface area contributed by atoms with Crippen molar-refractivity contribution in [2.45, 2.75) is 18.8 Å². The van der Waals surface area contributed by atoms with Crippen molar-refractivity contribution in [3.8, 4) is 0 Å². The van der Waals surface area contributed by atoms with Crippen molar-refractivity contribution in [1.29, 1.82) is 0 Å². The van der Waals surface area contributed by atoms with Crippen LogP contribution >= 0.6 is 16.1 Å². The van der Waals surface area contributed by atoms with Crippen LogP contribution in [0.4, 0.5) is 0 Å². The smallest absolute Gasteiger partial charge is 0.0813 e. The molecule has 1 heterocycles. The Kier molecular flexibility index (Phi) is 1.50. The Balaban J connectivity index is 2.21. The molecule has 2 nitrogen and oxygen atoms in total. The molecule has 1 aromatic carbocycles. The normalized spacial score (nSPS) is 16.7. The first-order chi connectivity index (χ1) is 6.34. The van der Waals surface area contributed by atoms with Crippen LogP contribution < -0.4 is 0 Å². The molecule has 1 aromatic heterocycles. The molecule has 0 bridgehead atoms. The molecule has 0 spiro atoms. The molecule has 0 N–H and O–H groups in total. The number of hydrogen-bond donors (Lipinski definition) is 0. The third-order valence-corrected chi connectivity index (χ3v) is 3.16. The van der Waals surface area contributed by atoms with Crippen LogP contribution in [0.2, 0.25) is 0 Å².